The second kappa shape index (κ2) is 11.4. The number of halogens is 3. The number of hydrogen-bond donors (Lipinski definition) is 2. The molecule has 0 spiro atoms. The molecule has 3 fully saturated rings. The molecule has 224 valence electrons. The molecule has 3 atom stereocenters. The Morgan fingerprint density at radius 1 is 0.952 bits per heavy atom. The lowest BCUT2D eigenvalue weighted by Gasteiger charge is -2.39. The third kappa shape index (κ3) is 5.74. The number of fused-ring (bicyclic) bond motifs is 3. The summed E-state index contributed by atoms with van der Waals surface area (Å²) in [6.45, 7) is 0.430. The highest BCUT2D eigenvalue weighted by atomic mass is 35.5. The number of alkyl halides is 2. The predicted molar refractivity (Wildman–Crippen MR) is 157 cm³/mol. The number of likely N-dealkylation sites (tertiary alicyclic amines) is 1. The number of nitrogens with one attached hydrogen (secondary N) is 1. The summed E-state index contributed by atoms with van der Waals surface area (Å²) in [5.74, 6) is -4.14. The Morgan fingerprint density at radius 2 is 1.57 bits per heavy atom. The van der Waals surface area contributed by atoms with E-state index in [1.54, 1.807) is 18.2 Å². The topological polar surface area (TPSA) is 102 Å². The molecular weight excluding hydrogens is 584 g/mol. The lowest BCUT2D eigenvalue weighted by Crippen LogP contribution is -2.60. The van der Waals surface area contributed by atoms with E-state index in [2.05, 4.69) is 4.72 Å². The van der Waals surface area contributed by atoms with E-state index in [-0.39, 0.29) is 47.0 Å². The zero-order valence-corrected chi connectivity index (χ0v) is 24.6. The summed E-state index contributed by atoms with van der Waals surface area (Å²) in [5.41, 5.74) is 5.75. The monoisotopic (exact) mass is 617 g/mol. The van der Waals surface area contributed by atoms with Gasteiger partial charge in [-0.15, -0.1) is 0 Å². The number of piperidine rings is 1. The second-order valence-electron chi connectivity index (χ2n) is 11.8. The quantitative estimate of drug-likeness (QED) is 0.350. The maximum atomic E-state index is 16.1. The number of carbonyl (C=O) groups is 1. The molecule has 0 aromatic heterocycles. The Bertz CT molecular complexity index is 1570. The third-order valence-corrected chi connectivity index (χ3v) is 10.7. The van der Waals surface area contributed by atoms with Crippen molar-refractivity contribution in [2.24, 2.45) is 17.6 Å². The third-order valence-electron chi connectivity index (χ3n) is 9.03. The summed E-state index contributed by atoms with van der Waals surface area (Å²) < 4.78 is 67.6. The maximum absolute atomic E-state index is 16.1. The molecule has 6 rings (SSSR count). The summed E-state index contributed by atoms with van der Waals surface area (Å²) in [4.78, 5) is 14.9. The fraction of sp³-hybridized carbons (Fsp3) is 0.452. The van der Waals surface area contributed by atoms with Gasteiger partial charge in [-0.05, 0) is 97.5 Å². The largest absolute Gasteiger partial charge is 0.490 e. The van der Waals surface area contributed by atoms with E-state index >= 15 is 8.78 Å². The van der Waals surface area contributed by atoms with E-state index in [0.717, 1.165) is 56.0 Å². The SMILES string of the molecule is NC1C2CCC1CN(C(=O)[C@@H](NS(=O)(=O)c1ccc3cc(OC4CCCC4)ccc3c1)C(F)(F)c1ccc(Cl)cc1)C2. The van der Waals surface area contributed by atoms with Crippen molar-refractivity contribution in [1.82, 2.24) is 9.62 Å². The summed E-state index contributed by atoms with van der Waals surface area (Å²) in [6.07, 6.45) is 6.08. The number of rotatable bonds is 8. The Balaban J connectivity index is 1.29. The molecule has 2 aliphatic carbocycles. The molecular formula is C31H34ClF2N3O4S. The second-order valence-corrected chi connectivity index (χ2v) is 13.9. The molecule has 3 aliphatic rings. The van der Waals surface area contributed by atoms with Gasteiger partial charge in [-0.1, -0.05) is 35.9 Å². The first-order chi connectivity index (χ1) is 20.0. The van der Waals surface area contributed by atoms with Crippen molar-refractivity contribution >= 4 is 38.3 Å². The fourth-order valence-electron chi connectivity index (χ4n) is 6.61. The summed E-state index contributed by atoms with van der Waals surface area (Å²) in [5, 5.41) is 1.60. The first kappa shape index (κ1) is 29.3. The van der Waals surface area contributed by atoms with Crippen molar-refractivity contribution in [3.8, 4) is 5.75 Å². The van der Waals surface area contributed by atoms with Crippen LogP contribution in [0.5, 0.6) is 5.75 Å². The van der Waals surface area contributed by atoms with E-state index in [4.69, 9.17) is 22.1 Å². The molecule has 7 nitrogen and oxygen atoms in total. The van der Waals surface area contributed by atoms with Crippen LogP contribution in [0.1, 0.15) is 44.1 Å². The Kier molecular flexibility index (Phi) is 7.93. The number of benzene rings is 3. The van der Waals surface area contributed by atoms with Crippen LogP contribution < -0.4 is 15.2 Å². The normalized spacial score (nSPS) is 23.8. The van der Waals surface area contributed by atoms with Crippen LogP contribution in [0.2, 0.25) is 5.02 Å². The number of nitrogens with two attached hydrogens (primary N) is 1. The van der Waals surface area contributed by atoms with Crippen molar-refractivity contribution in [2.75, 3.05) is 13.1 Å². The van der Waals surface area contributed by atoms with Gasteiger partial charge >= 0.3 is 0 Å². The lowest BCUT2D eigenvalue weighted by atomic mass is 9.92. The minimum absolute atomic E-state index is 0.00265. The van der Waals surface area contributed by atoms with Gasteiger partial charge in [-0.3, -0.25) is 4.79 Å². The van der Waals surface area contributed by atoms with Crippen LogP contribution in [0.25, 0.3) is 10.8 Å². The zero-order valence-electron chi connectivity index (χ0n) is 23.0. The van der Waals surface area contributed by atoms with Crippen LogP contribution in [0.4, 0.5) is 8.78 Å². The Labute approximate surface area is 249 Å². The summed E-state index contributed by atoms with van der Waals surface area (Å²) in [7, 11) is -4.54. The lowest BCUT2D eigenvalue weighted by molar-refractivity contribution is -0.146. The van der Waals surface area contributed by atoms with Crippen LogP contribution >= 0.6 is 11.6 Å². The molecule has 1 amide bonds. The van der Waals surface area contributed by atoms with Gasteiger partial charge in [0.1, 0.15) is 5.75 Å². The van der Waals surface area contributed by atoms with Gasteiger partial charge in [0.15, 0.2) is 6.04 Å². The average molecular weight is 618 g/mol. The van der Waals surface area contributed by atoms with E-state index in [1.807, 2.05) is 6.07 Å². The highest BCUT2D eigenvalue weighted by Gasteiger charge is 2.52. The van der Waals surface area contributed by atoms with Gasteiger partial charge in [0.2, 0.25) is 15.9 Å². The van der Waals surface area contributed by atoms with Gasteiger partial charge in [0, 0.05) is 29.7 Å². The minimum Gasteiger partial charge on any atom is -0.490 e. The fourth-order valence-corrected chi connectivity index (χ4v) is 7.96. The first-order valence-electron chi connectivity index (χ1n) is 14.4. The van der Waals surface area contributed by atoms with Crippen molar-refractivity contribution in [1.29, 1.82) is 0 Å². The molecule has 1 aliphatic heterocycles. The van der Waals surface area contributed by atoms with Gasteiger partial charge in [-0.2, -0.15) is 13.5 Å². The standard InChI is InChI=1S/C31H34ClF2N3O4S/c32-24-11-9-23(10-12-24)31(33,34)29(30(38)37-17-21-5-6-22(18-37)28(21)35)36-42(39,40)27-14-8-19-15-26(13-7-20(19)16-27)41-25-3-1-2-4-25/h7-16,21-22,25,28-29,36H,1-6,17-18,35H2/t21?,22?,28?,29-/m1/s1. The molecule has 2 saturated carbocycles. The Morgan fingerprint density at radius 3 is 2.24 bits per heavy atom. The maximum Gasteiger partial charge on any atom is 0.298 e. The van der Waals surface area contributed by atoms with Gasteiger partial charge < -0.3 is 15.4 Å². The number of amides is 1. The summed E-state index contributed by atoms with van der Waals surface area (Å²) in [6, 6.07) is 12.1. The molecule has 2 bridgehead atoms. The van der Waals surface area contributed by atoms with E-state index in [9.17, 15) is 13.2 Å². The number of ether oxygens (including phenoxy) is 1. The van der Waals surface area contributed by atoms with E-state index in [1.165, 1.54) is 29.2 Å². The number of carbonyl (C=O) groups excluding carboxylic acids is 1. The molecule has 3 N–H and O–H groups in total. The van der Waals surface area contributed by atoms with Crippen LogP contribution in [0.3, 0.4) is 0 Å². The molecule has 11 heteroatoms. The van der Waals surface area contributed by atoms with Crippen molar-refractivity contribution in [2.45, 2.75) is 67.5 Å². The number of hydrogen-bond acceptors (Lipinski definition) is 5. The van der Waals surface area contributed by atoms with Gasteiger partial charge in [0.25, 0.3) is 5.92 Å². The highest BCUT2D eigenvalue weighted by Crippen LogP contribution is 2.39. The first-order valence-corrected chi connectivity index (χ1v) is 16.3. The Hall–Kier alpha value is -2.79. The minimum atomic E-state index is -4.54. The molecule has 0 radical (unpaired) electrons. The number of sulfonamides is 1. The molecule has 3 aromatic carbocycles. The van der Waals surface area contributed by atoms with E-state index in [0.29, 0.717) is 11.1 Å². The van der Waals surface area contributed by atoms with Crippen molar-refractivity contribution < 1.29 is 26.7 Å². The zero-order chi connectivity index (χ0) is 29.6. The predicted octanol–water partition coefficient (Wildman–Crippen LogP) is 5.45. The number of nitrogens with zero attached hydrogens (tertiary/aromatic N) is 1. The van der Waals surface area contributed by atoms with Crippen LogP contribution in [0, 0.1) is 11.8 Å². The smallest absolute Gasteiger partial charge is 0.298 e. The average Bonchev–Trinajstić information content (AvgIpc) is 3.53. The molecule has 3 aromatic rings. The molecule has 2 unspecified atom stereocenters. The highest BCUT2D eigenvalue weighted by molar-refractivity contribution is 7.89. The van der Waals surface area contributed by atoms with Crippen molar-refractivity contribution in [3.05, 3.63) is 71.2 Å². The van der Waals surface area contributed by atoms with Crippen LogP contribution in [-0.4, -0.2) is 50.5 Å². The van der Waals surface area contributed by atoms with Crippen molar-refractivity contribution in [3.63, 3.8) is 0 Å². The molecule has 42 heavy (non-hydrogen) atoms. The van der Waals surface area contributed by atoms with Gasteiger partial charge in [0.05, 0.1) is 11.0 Å². The van der Waals surface area contributed by atoms with E-state index < -0.39 is 33.5 Å². The molecule has 1 heterocycles. The van der Waals surface area contributed by atoms with Crippen LogP contribution in [0.15, 0.2) is 65.6 Å². The molecule has 1 saturated heterocycles. The van der Waals surface area contributed by atoms with Crippen LogP contribution in [-0.2, 0) is 20.7 Å². The summed E-state index contributed by atoms with van der Waals surface area (Å²) >= 11 is 5.91. The van der Waals surface area contributed by atoms with Gasteiger partial charge in [-0.25, -0.2) is 8.42 Å².